The minimum absolute atomic E-state index is 0.0309. The van der Waals surface area contributed by atoms with Gasteiger partial charge in [0.1, 0.15) is 5.70 Å². The molecule has 0 aliphatic carbocycles. The van der Waals surface area contributed by atoms with Crippen molar-refractivity contribution >= 4 is 12.2 Å². The molecular weight excluding hydrogens is 244 g/mol. The summed E-state index contributed by atoms with van der Waals surface area (Å²) in [4.78, 5) is 17.6. The van der Waals surface area contributed by atoms with Gasteiger partial charge in [0.15, 0.2) is 0 Å². The van der Waals surface area contributed by atoms with Crippen molar-refractivity contribution in [3.8, 4) is 0 Å². The summed E-state index contributed by atoms with van der Waals surface area (Å²) in [5.74, 6) is -0.280. The van der Waals surface area contributed by atoms with E-state index in [1.807, 2.05) is 25.8 Å². The van der Waals surface area contributed by atoms with Crippen LogP contribution in [-0.4, -0.2) is 50.5 Å². The molecule has 19 heavy (non-hydrogen) atoms. The Hall–Kier alpha value is -1.82. The lowest BCUT2D eigenvalue weighted by atomic mass is 10.3. The SMILES string of the molecule is C=C(/C=C(\N=C/N)C(=O)NC(C)C)N(C)CCOC. The topological polar surface area (TPSA) is 79.9 Å². The van der Waals surface area contributed by atoms with E-state index in [9.17, 15) is 4.79 Å². The van der Waals surface area contributed by atoms with Crippen LogP contribution >= 0.6 is 0 Å². The molecule has 3 N–H and O–H groups in total. The van der Waals surface area contributed by atoms with Crippen LogP contribution in [0.15, 0.2) is 29.0 Å². The summed E-state index contributed by atoms with van der Waals surface area (Å²) in [5, 5.41) is 2.75. The fourth-order valence-corrected chi connectivity index (χ4v) is 1.22. The minimum Gasteiger partial charge on any atom is -0.390 e. The zero-order chi connectivity index (χ0) is 14.8. The number of hydrogen-bond donors (Lipinski definition) is 2. The van der Waals surface area contributed by atoms with Gasteiger partial charge in [-0.25, -0.2) is 4.99 Å². The number of methoxy groups -OCH3 is 1. The predicted octanol–water partition coefficient (Wildman–Crippen LogP) is 0.474. The first-order valence-corrected chi connectivity index (χ1v) is 6.08. The van der Waals surface area contributed by atoms with Crippen LogP contribution in [0.2, 0.25) is 0 Å². The lowest BCUT2D eigenvalue weighted by Crippen LogP contribution is -2.31. The first kappa shape index (κ1) is 17.2. The van der Waals surface area contributed by atoms with Gasteiger partial charge in [-0.1, -0.05) is 6.58 Å². The van der Waals surface area contributed by atoms with Gasteiger partial charge in [-0.05, 0) is 19.9 Å². The number of allylic oxidation sites excluding steroid dienone is 1. The Morgan fingerprint density at radius 2 is 2.21 bits per heavy atom. The van der Waals surface area contributed by atoms with Gasteiger partial charge in [0, 0.05) is 32.4 Å². The van der Waals surface area contributed by atoms with Gasteiger partial charge in [0.25, 0.3) is 5.91 Å². The molecule has 0 fully saturated rings. The Morgan fingerprint density at radius 3 is 2.68 bits per heavy atom. The molecule has 0 rings (SSSR count). The van der Waals surface area contributed by atoms with Crippen molar-refractivity contribution in [2.45, 2.75) is 19.9 Å². The van der Waals surface area contributed by atoms with E-state index in [4.69, 9.17) is 10.5 Å². The van der Waals surface area contributed by atoms with Crippen LogP contribution in [0.1, 0.15) is 13.8 Å². The molecule has 0 aromatic carbocycles. The molecule has 0 bridgehead atoms. The van der Waals surface area contributed by atoms with Gasteiger partial charge in [-0.2, -0.15) is 0 Å². The summed E-state index contributed by atoms with van der Waals surface area (Å²) in [7, 11) is 3.49. The van der Waals surface area contributed by atoms with Crippen LogP contribution in [0.25, 0.3) is 0 Å². The number of rotatable bonds is 8. The van der Waals surface area contributed by atoms with Gasteiger partial charge >= 0.3 is 0 Å². The standard InChI is InChI=1S/C13H24N4O2/c1-10(2)16-13(18)12(15-9-14)8-11(3)17(4)6-7-19-5/h8-10H,3,6-7H2,1-2,4-5H3,(H2,14,15)(H,16,18)/b12-8-. The van der Waals surface area contributed by atoms with Crippen LogP contribution in [-0.2, 0) is 9.53 Å². The van der Waals surface area contributed by atoms with E-state index < -0.39 is 0 Å². The second kappa shape index (κ2) is 9.16. The summed E-state index contributed by atoms with van der Waals surface area (Å²) >= 11 is 0. The van der Waals surface area contributed by atoms with Crippen molar-refractivity contribution in [3.63, 3.8) is 0 Å². The van der Waals surface area contributed by atoms with Gasteiger partial charge in [-0.15, -0.1) is 0 Å². The van der Waals surface area contributed by atoms with Crippen LogP contribution in [0.5, 0.6) is 0 Å². The van der Waals surface area contributed by atoms with E-state index in [2.05, 4.69) is 16.9 Å². The summed E-state index contributed by atoms with van der Waals surface area (Å²) in [6, 6.07) is 0.0309. The maximum atomic E-state index is 11.9. The van der Waals surface area contributed by atoms with Gasteiger partial charge < -0.3 is 20.7 Å². The fraction of sp³-hybridized carbons (Fsp3) is 0.538. The fourth-order valence-electron chi connectivity index (χ4n) is 1.22. The Kier molecular flexibility index (Phi) is 8.28. The van der Waals surface area contributed by atoms with Gasteiger partial charge in [-0.3, -0.25) is 4.79 Å². The molecule has 0 aliphatic heterocycles. The van der Waals surface area contributed by atoms with Crippen molar-refractivity contribution in [1.82, 2.24) is 10.2 Å². The average Bonchev–Trinajstić information content (AvgIpc) is 2.34. The number of amides is 1. The second-order valence-electron chi connectivity index (χ2n) is 4.34. The van der Waals surface area contributed by atoms with Crippen LogP contribution in [0.3, 0.4) is 0 Å². The summed E-state index contributed by atoms with van der Waals surface area (Å²) in [6.45, 7) is 8.90. The number of carbonyl (C=O) groups excluding carboxylic acids is 1. The Labute approximate surface area is 115 Å². The first-order chi connectivity index (χ1) is 8.92. The monoisotopic (exact) mass is 268 g/mol. The number of nitrogens with zero attached hydrogens (tertiary/aromatic N) is 2. The number of nitrogens with two attached hydrogens (primary N) is 1. The molecular formula is C13H24N4O2. The smallest absolute Gasteiger partial charge is 0.270 e. The molecule has 0 saturated heterocycles. The highest BCUT2D eigenvalue weighted by molar-refractivity contribution is 5.94. The first-order valence-electron chi connectivity index (χ1n) is 6.08. The summed E-state index contributed by atoms with van der Waals surface area (Å²) < 4.78 is 4.98. The highest BCUT2D eigenvalue weighted by Gasteiger charge is 2.10. The lowest BCUT2D eigenvalue weighted by molar-refractivity contribution is -0.118. The quantitative estimate of drug-likeness (QED) is 0.290. The largest absolute Gasteiger partial charge is 0.390 e. The molecule has 0 spiro atoms. The maximum Gasteiger partial charge on any atom is 0.270 e. The van der Waals surface area contributed by atoms with Crippen molar-refractivity contribution < 1.29 is 9.53 Å². The molecule has 0 unspecified atom stereocenters. The average molecular weight is 268 g/mol. The molecule has 1 amide bonds. The minimum atomic E-state index is -0.280. The van der Waals surface area contributed by atoms with Crippen molar-refractivity contribution in [3.05, 3.63) is 24.0 Å². The maximum absolute atomic E-state index is 11.9. The van der Waals surface area contributed by atoms with E-state index in [-0.39, 0.29) is 17.6 Å². The number of likely N-dealkylation sites (N-methyl/N-ethyl adjacent to an activating group) is 1. The van der Waals surface area contributed by atoms with E-state index in [0.29, 0.717) is 18.8 Å². The van der Waals surface area contributed by atoms with E-state index in [1.54, 1.807) is 13.2 Å². The van der Waals surface area contributed by atoms with Gasteiger partial charge in [0.2, 0.25) is 0 Å². The van der Waals surface area contributed by atoms with E-state index in [0.717, 1.165) is 6.34 Å². The van der Waals surface area contributed by atoms with Crippen LogP contribution in [0.4, 0.5) is 0 Å². The number of carbonyl (C=O) groups is 1. The number of aliphatic imine (C=N–C) groups is 1. The van der Waals surface area contributed by atoms with Crippen LogP contribution < -0.4 is 11.1 Å². The normalized spacial score (nSPS) is 11.9. The molecule has 6 nitrogen and oxygen atoms in total. The van der Waals surface area contributed by atoms with Crippen molar-refractivity contribution in [1.29, 1.82) is 0 Å². The van der Waals surface area contributed by atoms with E-state index in [1.165, 1.54) is 0 Å². The Bertz CT molecular complexity index is 362. The second-order valence-corrected chi connectivity index (χ2v) is 4.34. The molecule has 0 radical (unpaired) electrons. The highest BCUT2D eigenvalue weighted by atomic mass is 16.5. The summed E-state index contributed by atoms with van der Waals surface area (Å²) in [6.07, 6.45) is 2.69. The van der Waals surface area contributed by atoms with Gasteiger partial charge in [0.05, 0.1) is 12.9 Å². The number of ether oxygens (including phenoxy) is 1. The van der Waals surface area contributed by atoms with E-state index >= 15 is 0 Å². The number of nitrogens with one attached hydrogen (secondary N) is 1. The van der Waals surface area contributed by atoms with Crippen molar-refractivity contribution in [2.75, 3.05) is 27.3 Å². The zero-order valence-corrected chi connectivity index (χ0v) is 12.1. The van der Waals surface area contributed by atoms with Crippen LogP contribution in [0, 0.1) is 0 Å². The third-order valence-corrected chi connectivity index (χ3v) is 2.29. The molecule has 0 aromatic rings. The molecule has 6 heteroatoms. The molecule has 108 valence electrons. The highest BCUT2D eigenvalue weighted by Crippen LogP contribution is 2.06. The molecule has 0 aromatic heterocycles. The predicted molar refractivity (Wildman–Crippen MR) is 77.7 cm³/mol. The molecule has 0 heterocycles. The zero-order valence-electron chi connectivity index (χ0n) is 12.1. The molecule has 0 aliphatic rings. The summed E-state index contributed by atoms with van der Waals surface area (Å²) in [5.41, 5.74) is 6.15. The molecule has 0 saturated carbocycles. The third kappa shape index (κ3) is 7.25. The lowest BCUT2D eigenvalue weighted by Gasteiger charge is -2.19. The number of hydrogen-bond acceptors (Lipinski definition) is 4. The Balaban J connectivity index is 4.81. The van der Waals surface area contributed by atoms with Crippen molar-refractivity contribution in [2.24, 2.45) is 10.7 Å². The Morgan fingerprint density at radius 1 is 1.58 bits per heavy atom. The molecule has 0 atom stereocenters. The third-order valence-electron chi connectivity index (χ3n) is 2.29.